The highest BCUT2D eigenvalue weighted by atomic mass is 35.5. The zero-order chi connectivity index (χ0) is 10.8. The molecule has 0 atom stereocenters. The number of rotatable bonds is 2. The summed E-state index contributed by atoms with van der Waals surface area (Å²) < 4.78 is 0. The molecule has 15 heavy (non-hydrogen) atoms. The average Bonchev–Trinajstić information content (AvgIpc) is 2.65. The Morgan fingerprint density at radius 1 is 1.60 bits per heavy atom. The van der Waals surface area contributed by atoms with Crippen molar-refractivity contribution in [2.45, 2.75) is 0 Å². The van der Waals surface area contributed by atoms with Crippen molar-refractivity contribution < 1.29 is 9.90 Å². The van der Waals surface area contributed by atoms with Gasteiger partial charge in [-0.1, -0.05) is 11.6 Å². The molecule has 2 heterocycles. The lowest BCUT2D eigenvalue weighted by molar-refractivity contribution is -0.131. The first-order valence-electron chi connectivity index (χ1n) is 4.21. The van der Waals surface area contributed by atoms with Crippen molar-refractivity contribution in [1.82, 2.24) is 9.97 Å². The lowest BCUT2D eigenvalue weighted by atomic mass is 10.2. The lowest BCUT2D eigenvalue weighted by Gasteiger charge is -1.98. The van der Waals surface area contributed by atoms with Gasteiger partial charge in [-0.3, -0.25) is 0 Å². The zero-order valence-electron chi connectivity index (χ0n) is 7.57. The summed E-state index contributed by atoms with van der Waals surface area (Å²) in [7, 11) is 0. The molecule has 0 radical (unpaired) electrons. The van der Waals surface area contributed by atoms with E-state index >= 15 is 0 Å². The molecule has 4 nitrogen and oxygen atoms in total. The highest BCUT2D eigenvalue weighted by molar-refractivity contribution is 6.36. The van der Waals surface area contributed by atoms with E-state index in [0.29, 0.717) is 16.2 Å². The minimum absolute atomic E-state index is 0.499. The molecule has 0 aliphatic rings. The van der Waals surface area contributed by atoms with Crippen molar-refractivity contribution >= 4 is 34.7 Å². The van der Waals surface area contributed by atoms with E-state index in [1.165, 1.54) is 12.3 Å². The Labute approximate surface area is 90.2 Å². The van der Waals surface area contributed by atoms with Gasteiger partial charge in [0.05, 0.1) is 5.02 Å². The Balaban J connectivity index is 2.52. The van der Waals surface area contributed by atoms with Crippen molar-refractivity contribution in [3.63, 3.8) is 0 Å². The van der Waals surface area contributed by atoms with E-state index in [4.69, 9.17) is 16.7 Å². The molecule has 5 heteroatoms. The van der Waals surface area contributed by atoms with E-state index in [9.17, 15) is 4.79 Å². The Morgan fingerprint density at radius 3 is 3.13 bits per heavy atom. The number of carboxylic acids is 1. The van der Waals surface area contributed by atoms with Gasteiger partial charge in [0.1, 0.15) is 5.65 Å². The number of halogens is 1. The predicted octanol–water partition coefficient (Wildman–Crippen LogP) is 2.31. The number of aromatic amines is 1. The number of nitrogens with one attached hydrogen (secondary N) is 1. The van der Waals surface area contributed by atoms with Gasteiger partial charge in [0.2, 0.25) is 0 Å². The van der Waals surface area contributed by atoms with Crippen LogP contribution in [0.2, 0.25) is 5.02 Å². The van der Waals surface area contributed by atoms with Crippen LogP contribution in [0.5, 0.6) is 0 Å². The molecule has 0 fully saturated rings. The molecular formula is C10H7ClN2O2. The summed E-state index contributed by atoms with van der Waals surface area (Å²) in [6.45, 7) is 0. The van der Waals surface area contributed by atoms with E-state index < -0.39 is 5.97 Å². The number of pyridine rings is 1. The van der Waals surface area contributed by atoms with Crippen LogP contribution in [-0.4, -0.2) is 21.0 Å². The first kappa shape index (κ1) is 9.73. The van der Waals surface area contributed by atoms with E-state index in [1.54, 1.807) is 12.3 Å². The molecule has 0 saturated heterocycles. The van der Waals surface area contributed by atoms with Crippen LogP contribution in [0.4, 0.5) is 0 Å². The maximum absolute atomic E-state index is 10.3. The van der Waals surface area contributed by atoms with E-state index in [0.717, 1.165) is 11.5 Å². The SMILES string of the molecule is O=C(O)C=Cc1cnc2[nH]ccc2c1Cl. The van der Waals surface area contributed by atoms with E-state index in [2.05, 4.69) is 9.97 Å². The predicted molar refractivity (Wildman–Crippen MR) is 57.8 cm³/mol. The maximum Gasteiger partial charge on any atom is 0.328 e. The topological polar surface area (TPSA) is 66.0 Å². The fourth-order valence-electron chi connectivity index (χ4n) is 1.27. The van der Waals surface area contributed by atoms with Crippen molar-refractivity contribution in [1.29, 1.82) is 0 Å². The number of carbonyl (C=O) groups is 1. The van der Waals surface area contributed by atoms with Gasteiger partial charge in [-0.15, -0.1) is 0 Å². The summed E-state index contributed by atoms with van der Waals surface area (Å²) >= 11 is 6.06. The lowest BCUT2D eigenvalue weighted by Crippen LogP contribution is -1.87. The Morgan fingerprint density at radius 2 is 2.40 bits per heavy atom. The molecule has 2 rings (SSSR count). The molecule has 76 valence electrons. The normalized spacial score (nSPS) is 11.3. The van der Waals surface area contributed by atoms with Crippen LogP contribution in [-0.2, 0) is 4.79 Å². The van der Waals surface area contributed by atoms with Crippen LogP contribution in [0.1, 0.15) is 5.56 Å². The van der Waals surface area contributed by atoms with Crippen molar-refractivity contribution in [3.8, 4) is 0 Å². The molecule has 0 aliphatic heterocycles. The van der Waals surface area contributed by atoms with Crippen LogP contribution in [0.15, 0.2) is 24.5 Å². The van der Waals surface area contributed by atoms with Crippen LogP contribution >= 0.6 is 11.6 Å². The fourth-order valence-corrected chi connectivity index (χ4v) is 1.53. The van der Waals surface area contributed by atoms with Crippen molar-refractivity contribution in [2.24, 2.45) is 0 Å². The number of hydrogen-bond acceptors (Lipinski definition) is 2. The summed E-state index contributed by atoms with van der Waals surface area (Å²) in [4.78, 5) is 17.4. The second kappa shape index (κ2) is 3.74. The quantitative estimate of drug-likeness (QED) is 0.767. The van der Waals surface area contributed by atoms with Crippen molar-refractivity contribution in [3.05, 3.63) is 35.1 Å². The minimum Gasteiger partial charge on any atom is -0.478 e. The Hall–Kier alpha value is -1.81. The highest BCUT2D eigenvalue weighted by Gasteiger charge is 2.05. The van der Waals surface area contributed by atoms with Crippen LogP contribution in [0.25, 0.3) is 17.1 Å². The van der Waals surface area contributed by atoms with Crippen LogP contribution < -0.4 is 0 Å². The molecule has 2 aromatic rings. The third-order valence-corrected chi connectivity index (χ3v) is 2.38. The molecule has 2 aromatic heterocycles. The van der Waals surface area contributed by atoms with Gasteiger partial charge in [-0.2, -0.15) is 0 Å². The molecule has 0 bridgehead atoms. The standard InChI is InChI=1S/C10H7ClN2O2/c11-9-6(1-2-8(14)15)5-13-10-7(9)3-4-12-10/h1-5H,(H,12,13)(H,14,15). The summed E-state index contributed by atoms with van der Waals surface area (Å²) in [6.07, 6.45) is 5.71. The third kappa shape index (κ3) is 1.85. The van der Waals surface area contributed by atoms with Gasteiger partial charge < -0.3 is 10.1 Å². The number of nitrogens with zero attached hydrogens (tertiary/aromatic N) is 1. The second-order valence-electron chi connectivity index (χ2n) is 2.94. The molecule has 2 N–H and O–H groups in total. The first-order chi connectivity index (χ1) is 7.18. The molecule has 0 saturated carbocycles. The highest BCUT2D eigenvalue weighted by Crippen LogP contribution is 2.25. The van der Waals surface area contributed by atoms with Gasteiger partial charge in [0.25, 0.3) is 0 Å². The summed E-state index contributed by atoms with van der Waals surface area (Å²) in [5.41, 5.74) is 1.28. The van der Waals surface area contributed by atoms with E-state index in [-0.39, 0.29) is 0 Å². The molecule has 0 unspecified atom stereocenters. The van der Waals surface area contributed by atoms with Gasteiger partial charge in [0.15, 0.2) is 0 Å². The monoisotopic (exact) mass is 222 g/mol. The second-order valence-corrected chi connectivity index (χ2v) is 3.32. The van der Waals surface area contributed by atoms with Crippen molar-refractivity contribution in [2.75, 3.05) is 0 Å². The maximum atomic E-state index is 10.3. The smallest absolute Gasteiger partial charge is 0.328 e. The molecule has 0 amide bonds. The Bertz CT molecular complexity index is 545. The zero-order valence-corrected chi connectivity index (χ0v) is 8.32. The van der Waals surface area contributed by atoms with Gasteiger partial charge in [-0.25, -0.2) is 9.78 Å². The molecule has 0 spiro atoms. The number of fused-ring (bicyclic) bond motifs is 1. The number of H-pyrrole nitrogens is 1. The number of carboxylic acid groups (broad SMARTS) is 1. The van der Waals surface area contributed by atoms with Crippen LogP contribution in [0.3, 0.4) is 0 Å². The molecule has 0 aromatic carbocycles. The first-order valence-corrected chi connectivity index (χ1v) is 4.59. The summed E-state index contributed by atoms with van der Waals surface area (Å²) in [6, 6.07) is 1.79. The van der Waals surface area contributed by atoms with Gasteiger partial charge >= 0.3 is 5.97 Å². The Kier molecular flexibility index (Phi) is 2.43. The fraction of sp³-hybridized carbons (Fsp3) is 0. The number of hydrogen-bond donors (Lipinski definition) is 2. The summed E-state index contributed by atoms with van der Waals surface area (Å²) in [5, 5.41) is 9.76. The average molecular weight is 223 g/mol. The van der Waals surface area contributed by atoms with E-state index in [1.807, 2.05) is 0 Å². The number of aromatic nitrogens is 2. The third-order valence-electron chi connectivity index (χ3n) is 1.95. The summed E-state index contributed by atoms with van der Waals surface area (Å²) in [5.74, 6) is -1.01. The van der Waals surface area contributed by atoms with Crippen LogP contribution in [0, 0.1) is 0 Å². The molecule has 0 aliphatic carbocycles. The largest absolute Gasteiger partial charge is 0.478 e. The van der Waals surface area contributed by atoms with Gasteiger partial charge in [0, 0.05) is 29.4 Å². The number of aliphatic carboxylic acids is 1. The molecular weight excluding hydrogens is 216 g/mol. The minimum atomic E-state index is -1.01. The van der Waals surface area contributed by atoms with Gasteiger partial charge in [-0.05, 0) is 12.1 Å².